The van der Waals surface area contributed by atoms with Gasteiger partial charge in [0.1, 0.15) is 5.75 Å². The molecule has 3 aromatic rings. The Morgan fingerprint density at radius 1 is 1.19 bits per heavy atom. The molecule has 2 aromatic carbocycles. The molecule has 0 aliphatic carbocycles. The van der Waals surface area contributed by atoms with Crippen molar-refractivity contribution in [1.29, 1.82) is 0 Å². The second kappa shape index (κ2) is 10.9. The molecule has 0 N–H and O–H groups in total. The van der Waals surface area contributed by atoms with Gasteiger partial charge in [0.05, 0.1) is 17.2 Å². The van der Waals surface area contributed by atoms with Crippen molar-refractivity contribution in [2.45, 2.75) is 29.5 Å². The van der Waals surface area contributed by atoms with Crippen molar-refractivity contribution in [2.75, 3.05) is 7.11 Å². The minimum atomic E-state index is -0.884. The number of aryl methyl sites for hydroxylation is 1. The van der Waals surface area contributed by atoms with Gasteiger partial charge < -0.3 is 9.30 Å². The van der Waals surface area contributed by atoms with E-state index in [1.165, 1.54) is 18.0 Å². The average molecular weight is 503 g/mol. The minimum absolute atomic E-state index is 0.0402. The Morgan fingerprint density at radius 3 is 2.48 bits per heavy atom. The molecule has 0 saturated heterocycles. The molecule has 0 aliphatic heterocycles. The van der Waals surface area contributed by atoms with Crippen LogP contribution in [0.5, 0.6) is 11.8 Å². The summed E-state index contributed by atoms with van der Waals surface area (Å²) in [4.78, 5) is 19.9. The lowest BCUT2D eigenvalue weighted by Crippen LogP contribution is -2.17. The molecule has 1 heterocycles. The first kappa shape index (κ1) is 23.5. The Kier molecular flexibility index (Phi) is 8.31. The molecule has 0 amide bonds. The molecule has 0 saturated carbocycles. The lowest BCUT2D eigenvalue weighted by Gasteiger charge is -2.20. The maximum atomic E-state index is 10.7. The topological polar surface area (TPSA) is 79.4 Å². The van der Waals surface area contributed by atoms with Crippen molar-refractivity contribution in [3.8, 4) is 11.8 Å². The first-order valence-electron chi connectivity index (χ1n) is 9.13. The van der Waals surface area contributed by atoms with Gasteiger partial charge in [-0.25, -0.2) is 9.82 Å². The fourth-order valence-electron chi connectivity index (χ4n) is 2.93. The number of nitrogens with zero attached hydrogens (tertiary/aromatic N) is 3. The number of aromatic nitrogens is 2. The molecule has 7 nitrogen and oxygen atoms in total. The molecule has 3 rings (SSSR count). The molecule has 0 fully saturated rings. The van der Waals surface area contributed by atoms with Crippen LogP contribution in [0.2, 0.25) is 15.1 Å². The molecule has 0 radical (unpaired) electrons. The fraction of sp³-hybridized carbons (Fsp3) is 0.250. The zero-order valence-corrected chi connectivity index (χ0v) is 19.4. The Balaban J connectivity index is 1.81. The van der Waals surface area contributed by atoms with Gasteiger partial charge in [-0.15, -0.1) is 21.9 Å². The van der Waals surface area contributed by atoms with Crippen molar-refractivity contribution >= 4 is 46.6 Å². The predicted molar refractivity (Wildman–Crippen MR) is 122 cm³/mol. The van der Waals surface area contributed by atoms with Gasteiger partial charge in [-0.3, -0.25) is 0 Å². The third-order valence-electron chi connectivity index (χ3n) is 4.40. The second-order valence-electron chi connectivity index (χ2n) is 6.50. The van der Waals surface area contributed by atoms with E-state index >= 15 is 0 Å². The summed E-state index contributed by atoms with van der Waals surface area (Å²) in [6.07, 6.45) is 4.59. The van der Waals surface area contributed by atoms with Crippen LogP contribution in [0.4, 0.5) is 0 Å². The molecule has 1 aromatic heterocycles. The SMILES string of the molecule is COc1ccc(CCC(Cn2ccnc2O[N+](=O)[O-])Sc2c(Cl)cc(Cl)cc2Cl)cc1. The van der Waals surface area contributed by atoms with Crippen LogP contribution >= 0.6 is 46.6 Å². The third-order valence-corrected chi connectivity index (χ3v) is 6.83. The number of hydrogen-bond donors (Lipinski definition) is 0. The van der Waals surface area contributed by atoms with Gasteiger partial charge in [-0.2, -0.15) is 0 Å². The van der Waals surface area contributed by atoms with Crippen LogP contribution in [0.15, 0.2) is 53.7 Å². The lowest BCUT2D eigenvalue weighted by atomic mass is 10.1. The van der Waals surface area contributed by atoms with E-state index in [0.717, 1.165) is 24.2 Å². The Bertz CT molecular complexity index is 1020. The van der Waals surface area contributed by atoms with Crippen molar-refractivity contribution in [1.82, 2.24) is 9.55 Å². The number of halogens is 3. The van der Waals surface area contributed by atoms with Crippen LogP contribution in [-0.2, 0) is 13.0 Å². The standard InChI is InChI=1S/C20H18Cl3N3O4S/c1-29-15-5-2-13(3-6-15)4-7-16(12-25-9-8-24-20(25)30-26(27)28)31-19-17(22)10-14(21)11-18(19)23/h2-3,5-6,8-11,16H,4,7,12H2,1H3. The van der Waals surface area contributed by atoms with E-state index in [1.54, 1.807) is 30.0 Å². The van der Waals surface area contributed by atoms with E-state index in [-0.39, 0.29) is 11.3 Å². The van der Waals surface area contributed by atoms with Crippen LogP contribution in [0.3, 0.4) is 0 Å². The molecule has 164 valence electrons. The van der Waals surface area contributed by atoms with Crippen molar-refractivity contribution in [3.63, 3.8) is 0 Å². The Labute approximate surface area is 198 Å². The van der Waals surface area contributed by atoms with Crippen LogP contribution < -0.4 is 9.57 Å². The summed E-state index contributed by atoms with van der Waals surface area (Å²) in [5.41, 5.74) is 1.13. The molecule has 1 atom stereocenters. The number of thioether (sulfide) groups is 1. The maximum absolute atomic E-state index is 10.7. The molecule has 0 spiro atoms. The number of rotatable bonds is 10. The number of methoxy groups -OCH3 is 1. The highest BCUT2D eigenvalue weighted by Gasteiger charge is 2.19. The smallest absolute Gasteiger partial charge is 0.302 e. The molecule has 11 heteroatoms. The van der Waals surface area contributed by atoms with Gasteiger partial charge in [-0.1, -0.05) is 46.9 Å². The minimum Gasteiger partial charge on any atom is -0.497 e. The van der Waals surface area contributed by atoms with Gasteiger partial charge in [0, 0.05) is 34.1 Å². The number of hydrogen-bond acceptors (Lipinski definition) is 6. The quantitative estimate of drug-likeness (QED) is 0.186. The highest BCUT2D eigenvalue weighted by molar-refractivity contribution is 8.00. The summed E-state index contributed by atoms with van der Waals surface area (Å²) in [5.74, 6) is 0.786. The lowest BCUT2D eigenvalue weighted by molar-refractivity contribution is -0.713. The van der Waals surface area contributed by atoms with Crippen molar-refractivity contribution in [2.24, 2.45) is 0 Å². The highest BCUT2D eigenvalue weighted by atomic mass is 35.5. The van der Waals surface area contributed by atoms with Crippen LogP contribution in [0, 0.1) is 10.1 Å². The van der Waals surface area contributed by atoms with Crippen LogP contribution in [0.25, 0.3) is 0 Å². The Hall–Kier alpha value is -2.13. The van der Waals surface area contributed by atoms with Crippen molar-refractivity contribution in [3.05, 3.63) is 79.5 Å². The summed E-state index contributed by atoms with van der Waals surface area (Å²) in [7, 11) is 1.62. The zero-order chi connectivity index (χ0) is 22.4. The van der Waals surface area contributed by atoms with Gasteiger partial charge in [0.25, 0.3) is 6.01 Å². The number of imidazole rings is 1. The van der Waals surface area contributed by atoms with Crippen LogP contribution in [0.1, 0.15) is 12.0 Å². The average Bonchev–Trinajstić information content (AvgIpc) is 3.14. The predicted octanol–water partition coefficient (Wildman–Crippen LogP) is 6.22. The summed E-state index contributed by atoms with van der Waals surface area (Å²) in [5, 5.41) is 11.2. The van der Waals surface area contributed by atoms with E-state index in [9.17, 15) is 10.1 Å². The summed E-state index contributed by atoms with van der Waals surface area (Å²) >= 11 is 20.3. The normalized spacial score (nSPS) is 11.9. The Morgan fingerprint density at radius 2 is 1.87 bits per heavy atom. The van der Waals surface area contributed by atoms with Crippen LogP contribution in [-0.4, -0.2) is 27.0 Å². The molecular weight excluding hydrogens is 485 g/mol. The molecule has 0 aliphatic rings. The molecule has 31 heavy (non-hydrogen) atoms. The fourth-order valence-corrected chi connectivity index (χ4v) is 5.16. The van der Waals surface area contributed by atoms with E-state index < -0.39 is 5.09 Å². The van der Waals surface area contributed by atoms with E-state index in [4.69, 9.17) is 39.5 Å². The second-order valence-corrected chi connectivity index (χ2v) is 9.06. The monoisotopic (exact) mass is 501 g/mol. The summed E-state index contributed by atoms with van der Waals surface area (Å²) in [6.45, 7) is 0.402. The van der Waals surface area contributed by atoms with Crippen molar-refractivity contribution < 1.29 is 14.7 Å². The van der Waals surface area contributed by atoms with Gasteiger partial charge in [0.15, 0.2) is 0 Å². The van der Waals surface area contributed by atoms with E-state index in [2.05, 4.69) is 9.82 Å². The first-order chi connectivity index (χ1) is 14.9. The van der Waals surface area contributed by atoms with E-state index in [1.807, 2.05) is 24.3 Å². The molecule has 0 bridgehead atoms. The number of benzene rings is 2. The van der Waals surface area contributed by atoms with Gasteiger partial charge in [-0.05, 0) is 42.7 Å². The van der Waals surface area contributed by atoms with Gasteiger partial charge in [0.2, 0.25) is 0 Å². The highest BCUT2D eigenvalue weighted by Crippen LogP contribution is 2.40. The number of ether oxygens (including phenoxy) is 1. The largest absolute Gasteiger partial charge is 0.497 e. The molecular formula is C20H18Cl3N3O4S. The van der Waals surface area contributed by atoms with Gasteiger partial charge >= 0.3 is 5.09 Å². The summed E-state index contributed by atoms with van der Waals surface area (Å²) < 4.78 is 6.79. The third kappa shape index (κ3) is 6.67. The zero-order valence-electron chi connectivity index (χ0n) is 16.3. The molecule has 1 unspecified atom stereocenters. The first-order valence-corrected chi connectivity index (χ1v) is 11.1. The summed E-state index contributed by atoms with van der Waals surface area (Å²) in [6, 6.07) is 11.0. The van der Waals surface area contributed by atoms with E-state index in [0.29, 0.717) is 26.5 Å². The maximum Gasteiger partial charge on any atom is 0.302 e.